The Labute approximate surface area is 110 Å². The monoisotopic (exact) mass is 257 g/mol. The molecule has 1 aliphatic heterocycles. The average Bonchev–Trinajstić information content (AvgIpc) is 2.86. The maximum atomic E-state index is 12.0. The molecule has 1 aromatic carbocycles. The SMILES string of the molecule is Cc1nc(C(=O)Nc2cccc3c2CNCC3)n[nH]1. The van der Waals surface area contributed by atoms with Gasteiger partial charge >= 0.3 is 0 Å². The van der Waals surface area contributed by atoms with Gasteiger partial charge in [-0.15, -0.1) is 5.10 Å². The number of nitrogens with zero attached hydrogens (tertiary/aromatic N) is 2. The van der Waals surface area contributed by atoms with Crippen molar-refractivity contribution in [2.45, 2.75) is 19.9 Å². The van der Waals surface area contributed by atoms with E-state index < -0.39 is 0 Å². The number of anilines is 1. The van der Waals surface area contributed by atoms with E-state index in [1.807, 2.05) is 12.1 Å². The summed E-state index contributed by atoms with van der Waals surface area (Å²) in [6.45, 7) is 3.52. The number of nitrogens with one attached hydrogen (secondary N) is 3. The molecule has 1 aliphatic rings. The van der Waals surface area contributed by atoms with Gasteiger partial charge in [0.2, 0.25) is 5.82 Å². The summed E-state index contributed by atoms with van der Waals surface area (Å²) < 4.78 is 0. The number of aromatic nitrogens is 3. The lowest BCUT2D eigenvalue weighted by molar-refractivity contribution is 0.101. The zero-order chi connectivity index (χ0) is 13.2. The molecule has 0 radical (unpaired) electrons. The zero-order valence-corrected chi connectivity index (χ0v) is 10.7. The number of aromatic amines is 1. The van der Waals surface area contributed by atoms with Gasteiger partial charge in [0.1, 0.15) is 5.82 Å². The number of rotatable bonds is 2. The Morgan fingerprint density at radius 2 is 2.32 bits per heavy atom. The molecular formula is C13H15N5O. The normalized spacial score (nSPS) is 13.9. The van der Waals surface area contributed by atoms with E-state index in [4.69, 9.17) is 0 Å². The Hall–Kier alpha value is -2.21. The molecule has 3 N–H and O–H groups in total. The maximum Gasteiger partial charge on any atom is 0.295 e. The second kappa shape index (κ2) is 4.81. The van der Waals surface area contributed by atoms with Gasteiger partial charge in [-0.25, -0.2) is 4.98 Å². The fraction of sp³-hybridized carbons (Fsp3) is 0.308. The summed E-state index contributed by atoms with van der Waals surface area (Å²) >= 11 is 0. The van der Waals surface area contributed by atoms with Crippen LogP contribution in [0.15, 0.2) is 18.2 Å². The van der Waals surface area contributed by atoms with E-state index in [1.54, 1.807) is 6.92 Å². The number of hydrogen-bond donors (Lipinski definition) is 3. The lowest BCUT2D eigenvalue weighted by Crippen LogP contribution is -2.25. The minimum Gasteiger partial charge on any atom is -0.319 e. The van der Waals surface area contributed by atoms with Crippen LogP contribution in [0.4, 0.5) is 5.69 Å². The minimum atomic E-state index is -0.289. The molecule has 2 aromatic rings. The quantitative estimate of drug-likeness (QED) is 0.750. The molecule has 1 amide bonds. The van der Waals surface area contributed by atoms with Crippen molar-refractivity contribution in [3.8, 4) is 0 Å². The molecule has 0 bridgehead atoms. The summed E-state index contributed by atoms with van der Waals surface area (Å²) in [5.41, 5.74) is 3.26. The Morgan fingerprint density at radius 3 is 3.11 bits per heavy atom. The van der Waals surface area contributed by atoms with E-state index in [2.05, 4.69) is 31.9 Å². The Morgan fingerprint density at radius 1 is 1.42 bits per heavy atom. The van der Waals surface area contributed by atoms with E-state index in [0.717, 1.165) is 30.8 Å². The van der Waals surface area contributed by atoms with Gasteiger partial charge < -0.3 is 10.6 Å². The largest absolute Gasteiger partial charge is 0.319 e. The molecule has 0 atom stereocenters. The zero-order valence-electron chi connectivity index (χ0n) is 10.7. The number of carbonyl (C=O) groups excluding carboxylic acids is 1. The first-order valence-corrected chi connectivity index (χ1v) is 6.26. The van der Waals surface area contributed by atoms with Crippen molar-refractivity contribution in [2.75, 3.05) is 11.9 Å². The van der Waals surface area contributed by atoms with E-state index in [9.17, 15) is 4.79 Å². The molecule has 0 spiro atoms. The van der Waals surface area contributed by atoms with Crippen LogP contribution in [0.25, 0.3) is 0 Å². The van der Waals surface area contributed by atoms with Gasteiger partial charge in [0.25, 0.3) is 5.91 Å². The third-order valence-electron chi connectivity index (χ3n) is 3.19. The van der Waals surface area contributed by atoms with Crippen LogP contribution >= 0.6 is 0 Å². The molecule has 0 saturated carbocycles. The summed E-state index contributed by atoms with van der Waals surface area (Å²) in [7, 11) is 0. The van der Waals surface area contributed by atoms with Crippen LogP contribution < -0.4 is 10.6 Å². The van der Waals surface area contributed by atoms with Crippen LogP contribution in [0.2, 0.25) is 0 Å². The molecule has 6 heteroatoms. The van der Waals surface area contributed by atoms with Gasteiger partial charge in [0, 0.05) is 12.2 Å². The van der Waals surface area contributed by atoms with E-state index in [1.165, 1.54) is 5.56 Å². The Kier molecular flexibility index (Phi) is 3.00. The van der Waals surface area contributed by atoms with Crippen LogP contribution in [0, 0.1) is 6.92 Å². The Bertz CT molecular complexity index is 619. The number of amides is 1. The Balaban J connectivity index is 1.85. The van der Waals surface area contributed by atoms with Crippen LogP contribution in [0.3, 0.4) is 0 Å². The minimum absolute atomic E-state index is 0.166. The van der Waals surface area contributed by atoms with Gasteiger partial charge in [-0.2, -0.15) is 0 Å². The summed E-state index contributed by atoms with van der Waals surface area (Å²) in [5.74, 6) is 0.504. The molecule has 0 unspecified atom stereocenters. The van der Waals surface area contributed by atoms with Crippen molar-refractivity contribution >= 4 is 11.6 Å². The van der Waals surface area contributed by atoms with E-state index in [-0.39, 0.29) is 11.7 Å². The van der Waals surface area contributed by atoms with Gasteiger partial charge in [-0.3, -0.25) is 9.89 Å². The molecule has 6 nitrogen and oxygen atoms in total. The van der Waals surface area contributed by atoms with Crippen LogP contribution in [0.5, 0.6) is 0 Å². The second-order valence-corrected chi connectivity index (χ2v) is 4.57. The highest BCUT2D eigenvalue weighted by atomic mass is 16.2. The van der Waals surface area contributed by atoms with Crippen molar-refractivity contribution < 1.29 is 4.79 Å². The van der Waals surface area contributed by atoms with Gasteiger partial charge in [-0.1, -0.05) is 12.1 Å². The number of carbonyl (C=O) groups is 1. The smallest absolute Gasteiger partial charge is 0.295 e. The fourth-order valence-electron chi connectivity index (χ4n) is 2.25. The highest BCUT2D eigenvalue weighted by Gasteiger charge is 2.16. The highest BCUT2D eigenvalue weighted by molar-refractivity contribution is 6.02. The summed E-state index contributed by atoms with van der Waals surface area (Å²) in [5, 5.41) is 12.7. The van der Waals surface area contributed by atoms with Gasteiger partial charge in [0.05, 0.1) is 0 Å². The summed E-state index contributed by atoms with van der Waals surface area (Å²) in [6.07, 6.45) is 0.985. The van der Waals surface area contributed by atoms with Crippen LogP contribution in [-0.2, 0) is 13.0 Å². The van der Waals surface area contributed by atoms with Crippen molar-refractivity contribution in [3.05, 3.63) is 41.0 Å². The third-order valence-corrected chi connectivity index (χ3v) is 3.19. The number of benzene rings is 1. The van der Waals surface area contributed by atoms with Crippen molar-refractivity contribution in [3.63, 3.8) is 0 Å². The first kappa shape index (κ1) is 11.9. The van der Waals surface area contributed by atoms with Gasteiger partial charge in [0.15, 0.2) is 0 Å². The van der Waals surface area contributed by atoms with Crippen molar-refractivity contribution in [2.24, 2.45) is 0 Å². The topological polar surface area (TPSA) is 82.7 Å². The molecule has 0 saturated heterocycles. The molecular weight excluding hydrogens is 242 g/mol. The molecule has 0 aliphatic carbocycles. The maximum absolute atomic E-state index is 12.0. The van der Waals surface area contributed by atoms with E-state index in [0.29, 0.717) is 5.82 Å². The van der Waals surface area contributed by atoms with Crippen molar-refractivity contribution in [1.29, 1.82) is 0 Å². The predicted octanol–water partition coefficient (Wildman–Crippen LogP) is 1.01. The second-order valence-electron chi connectivity index (χ2n) is 4.57. The highest BCUT2D eigenvalue weighted by Crippen LogP contribution is 2.23. The average molecular weight is 257 g/mol. The fourth-order valence-corrected chi connectivity index (χ4v) is 2.25. The van der Waals surface area contributed by atoms with E-state index >= 15 is 0 Å². The third kappa shape index (κ3) is 2.34. The molecule has 1 aromatic heterocycles. The van der Waals surface area contributed by atoms with Crippen molar-refractivity contribution in [1.82, 2.24) is 20.5 Å². The first-order chi connectivity index (χ1) is 9.24. The number of H-pyrrole nitrogens is 1. The van der Waals surface area contributed by atoms with Gasteiger partial charge in [-0.05, 0) is 37.1 Å². The molecule has 0 fully saturated rings. The van der Waals surface area contributed by atoms with Crippen LogP contribution in [0.1, 0.15) is 27.6 Å². The predicted molar refractivity (Wildman–Crippen MR) is 70.9 cm³/mol. The molecule has 19 heavy (non-hydrogen) atoms. The standard InChI is InChI=1S/C13H15N5O/c1-8-15-12(18-17-8)13(19)16-11-4-2-3-9-5-6-14-7-10(9)11/h2-4,14H,5-7H2,1H3,(H,16,19)(H,15,17,18). The lowest BCUT2D eigenvalue weighted by atomic mass is 9.99. The number of fused-ring (bicyclic) bond motifs is 1. The first-order valence-electron chi connectivity index (χ1n) is 6.26. The molecule has 3 rings (SSSR count). The van der Waals surface area contributed by atoms with Crippen LogP contribution in [-0.4, -0.2) is 27.6 Å². The lowest BCUT2D eigenvalue weighted by Gasteiger charge is -2.20. The number of aryl methyl sites for hydroxylation is 1. The summed E-state index contributed by atoms with van der Waals surface area (Å²) in [4.78, 5) is 16.1. The molecule has 2 heterocycles. The summed E-state index contributed by atoms with van der Waals surface area (Å²) in [6, 6.07) is 5.97. The molecule has 98 valence electrons. The number of hydrogen-bond acceptors (Lipinski definition) is 4.